The lowest BCUT2D eigenvalue weighted by Gasteiger charge is -2.26. The van der Waals surface area contributed by atoms with Gasteiger partial charge in [0.25, 0.3) is 0 Å². The second-order valence-corrected chi connectivity index (χ2v) is 4.59. The van der Waals surface area contributed by atoms with E-state index >= 15 is 0 Å². The summed E-state index contributed by atoms with van der Waals surface area (Å²) in [6, 6.07) is 0. The van der Waals surface area contributed by atoms with Gasteiger partial charge in [0.2, 0.25) is 0 Å². The minimum absolute atomic E-state index is 0.641. The average molecular weight is 281 g/mol. The number of halogens is 1. The lowest BCUT2D eigenvalue weighted by molar-refractivity contribution is -0.158. The number of carboxylic acid groups (broad SMARTS) is 4. The van der Waals surface area contributed by atoms with Crippen LogP contribution >= 0.6 is 11.6 Å². The number of alkyl halides is 1. The highest BCUT2D eigenvalue weighted by Crippen LogP contribution is 2.49. The van der Waals surface area contributed by atoms with Gasteiger partial charge < -0.3 is 20.4 Å². The van der Waals surface area contributed by atoms with Gasteiger partial charge in [0.05, 0.1) is 11.8 Å². The topological polar surface area (TPSA) is 149 Å². The second kappa shape index (κ2) is 4.45. The molecular formula is C9H9ClO8. The molecule has 0 aromatic heterocycles. The van der Waals surface area contributed by atoms with E-state index in [1.54, 1.807) is 0 Å². The summed E-state index contributed by atoms with van der Waals surface area (Å²) in [5, 5.41) is 35.6. The van der Waals surface area contributed by atoms with E-state index in [0.717, 1.165) is 0 Å². The van der Waals surface area contributed by atoms with E-state index in [9.17, 15) is 19.2 Å². The number of hydrogen-bond acceptors (Lipinski definition) is 4. The van der Waals surface area contributed by atoms with Crippen molar-refractivity contribution in [1.29, 1.82) is 0 Å². The van der Waals surface area contributed by atoms with Crippen LogP contribution in [-0.2, 0) is 19.2 Å². The van der Waals surface area contributed by atoms with E-state index in [2.05, 4.69) is 0 Å². The third kappa shape index (κ3) is 1.88. The van der Waals surface area contributed by atoms with Crippen LogP contribution in [0.3, 0.4) is 0 Å². The Hall–Kier alpha value is -1.83. The summed E-state index contributed by atoms with van der Waals surface area (Å²) < 4.78 is 0. The Kier molecular flexibility index (Phi) is 3.52. The molecule has 0 aromatic carbocycles. The standard InChI is InChI=1S/C9H9ClO8/c10-9(8(17)18)3(6(13)14)1-2(5(11)12)4(9)7(15)16/h2-4H,1H2,(H,11,12)(H,13,14)(H,15,16)(H,17,18). The number of hydrogen-bond donors (Lipinski definition) is 4. The van der Waals surface area contributed by atoms with Crippen molar-refractivity contribution in [2.75, 3.05) is 0 Å². The molecule has 0 radical (unpaired) electrons. The molecule has 1 saturated carbocycles. The zero-order chi connectivity index (χ0) is 14.2. The van der Waals surface area contributed by atoms with Crippen LogP contribution < -0.4 is 0 Å². The summed E-state index contributed by atoms with van der Waals surface area (Å²) in [6.07, 6.45) is -0.641. The summed E-state index contributed by atoms with van der Waals surface area (Å²) in [7, 11) is 0. The van der Waals surface area contributed by atoms with Crippen molar-refractivity contribution in [3.8, 4) is 0 Å². The highest BCUT2D eigenvalue weighted by Gasteiger charge is 2.66. The molecule has 4 unspecified atom stereocenters. The van der Waals surface area contributed by atoms with Crippen molar-refractivity contribution in [3.63, 3.8) is 0 Å². The van der Waals surface area contributed by atoms with Gasteiger partial charge in [-0.15, -0.1) is 11.6 Å². The van der Waals surface area contributed by atoms with Crippen molar-refractivity contribution in [2.24, 2.45) is 17.8 Å². The van der Waals surface area contributed by atoms with Crippen LogP contribution in [0.4, 0.5) is 0 Å². The molecule has 0 aliphatic heterocycles. The Morgan fingerprint density at radius 3 is 1.72 bits per heavy atom. The van der Waals surface area contributed by atoms with Crippen molar-refractivity contribution < 1.29 is 39.6 Å². The molecule has 9 heteroatoms. The summed E-state index contributed by atoms with van der Waals surface area (Å²) in [4.78, 5) is 41.2. The molecule has 8 nitrogen and oxygen atoms in total. The Labute approximate surface area is 105 Å². The van der Waals surface area contributed by atoms with Gasteiger partial charge in [-0.1, -0.05) is 0 Å². The van der Waals surface area contributed by atoms with E-state index in [1.165, 1.54) is 0 Å². The van der Waals surface area contributed by atoms with Gasteiger partial charge in [-0.05, 0) is 6.42 Å². The minimum Gasteiger partial charge on any atom is -0.481 e. The maximum Gasteiger partial charge on any atom is 0.326 e. The van der Waals surface area contributed by atoms with E-state index in [0.29, 0.717) is 0 Å². The number of carbonyl (C=O) groups is 4. The van der Waals surface area contributed by atoms with Crippen LogP contribution in [0.25, 0.3) is 0 Å². The van der Waals surface area contributed by atoms with Crippen LogP contribution in [0.5, 0.6) is 0 Å². The summed E-state index contributed by atoms with van der Waals surface area (Å²) in [6.45, 7) is 0. The molecular weight excluding hydrogens is 272 g/mol. The third-order valence-electron chi connectivity index (χ3n) is 3.06. The molecule has 1 fully saturated rings. The highest BCUT2D eigenvalue weighted by atomic mass is 35.5. The smallest absolute Gasteiger partial charge is 0.326 e. The molecule has 0 aromatic rings. The van der Waals surface area contributed by atoms with Crippen molar-refractivity contribution in [1.82, 2.24) is 0 Å². The fourth-order valence-electron chi connectivity index (χ4n) is 2.23. The molecule has 1 aliphatic rings. The molecule has 4 atom stereocenters. The first kappa shape index (κ1) is 14.2. The Morgan fingerprint density at radius 2 is 1.44 bits per heavy atom. The van der Waals surface area contributed by atoms with Crippen molar-refractivity contribution in [3.05, 3.63) is 0 Å². The predicted molar refractivity (Wildman–Crippen MR) is 54.2 cm³/mol. The van der Waals surface area contributed by atoms with Gasteiger partial charge in [-0.25, -0.2) is 0 Å². The van der Waals surface area contributed by atoms with Gasteiger partial charge in [-0.2, -0.15) is 0 Å². The predicted octanol–water partition coefficient (Wildman–Crippen LogP) is -0.445. The quantitative estimate of drug-likeness (QED) is 0.506. The maximum atomic E-state index is 11.1. The number of aliphatic carboxylic acids is 4. The highest BCUT2D eigenvalue weighted by molar-refractivity contribution is 6.37. The molecule has 18 heavy (non-hydrogen) atoms. The largest absolute Gasteiger partial charge is 0.481 e. The fourth-order valence-corrected chi connectivity index (χ4v) is 2.66. The van der Waals surface area contributed by atoms with Crippen LogP contribution in [0.15, 0.2) is 0 Å². The van der Waals surface area contributed by atoms with Crippen LogP contribution in [0.1, 0.15) is 6.42 Å². The Balaban J connectivity index is 3.38. The molecule has 1 rings (SSSR count). The first-order valence-corrected chi connectivity index (χ1v) is 5.12. The van der Waals surface area contributed by atoms with Gasteiger partial charge in [0, 0.05) is 0 Å². The van der Waals surface area contributed by atoms with Crippen LogP contribution in [-0.4, -0.2) is 49.2 Å². The SMILES string of the molecule is O=C(O)C1CC(C(=O)O)C(Cl)(C(=O)O)C1C(=O)O. The monoisotopic (exact) mass is 280 g/mol. The lowest BCUT2D eigenvalue weighted by atomic mass is 9.86. The second-order valence-electron chi connectivity index (χ2n) is 3.96. The normalized spacial score (nSPS) is 35.1. The van der Waals surface area contributed by atoms with Crippen molar-refractivity contribution in [2.45, 2.75) is 11.3 Å². The summed E-state index contributed by atoms with van der Waals surface area (Å²) in [5.74, 6) is -12.3. The Bertz CT molecular complexity index is 432. The molecule has 1 aliphatic carbocycles. The van der Waals surface area contributed by atoms with Gasteiger partial charge in [-0.3, -0.25) is 19.2 Å². The van der Waals surface area contributed by atoms with Gasteiger partial charge in [0.1, 0.15) is 5.92 Å². The zero-order valence-electron chi connectivity index (χ0n) is 8.74. The van der Waals surface area contributed by atoms with Crippen LogP contribution in [0.2, 0.25) is 0 Å². The van der Waals surface area contributed by atoms with E-state index in [1.807, 2.05) is 0 Å². The third-order valence-corrected chi connectivity index (χ3v) is 3.72. The van der Waals surface area contributed by atoms with Gasteiger partial charge in [0.15, 0.2) is 4.87 Å². The maximum absolute atomic E-state index is 11.1. The fraction of sp³-hybridized carbons (Fsp3) is 0.556. The molecule has 0 bridgehead atoms. The molecule has 0 heterocycles. The molecule has 0 amide bonds. The summed E-state index contributed by atoms with van der Waals surface area (Å²) >= 11 is 5.64. The average Bonchev–Trinajstić information content (AvgIpc) is 2.53. The van der Waals surface area contributed by atoms with Crippen LogP contribution in [0, 0.1) is 17.8 Å². The Morgan fingerprint density at radius 1 is 0.944 bits per heavy atom. The van der Waals surface area contributed by atoms with E-state index < -0.39 is 52.9 Å². The molecule has 0 spiro atoms. The first-order valence-electron chi connectivity index (χ1n) is 4.74. The lowest BCUT2D eigenvalue weighted by Crippen LogP contribution is -2.49. The zero-order valence-corrected chi connectivity index (χ0v) is 9.49. The van der Waals surface area contributed by atoms with E-state index in [-0.39, 0.29) is 0 Å². The van der Waals surface area contributed by atoms with Gasteiger partial charge >= 0.3 is 23.9 Å². The molecule has 4 N–H and O–H groups in total. The van der Waals surface area contributed by atoms with Crippen molar-refractivity contribution >= 4 is 35.5 Å². The molecule has 100 valence electrons. The number of carboxylic acids is 4. The number of rotatable bonds is 4. The minimum atomic E-state index is -2.67. The molecule has 0 saturated heterocycles. The summed E-state index contributed by atoms with van der Waals surface area (Å²) in [5.41, 5.74) is 0. The van der Waals surface area contributed by atoms with E-state index in [4.69, 9.17) is 32.0 Å². The first-order chi connectivity index (χ1) is 8.13.